The first kappa shape index (κ1) is 34.9. The number of aromatic nitrogens is 4. The lowest BCUT2D eigenvalue weighted by Crippen LogP contribution is -2.00. The zero-order chi connectivity index (χ0) is 40.0. The highest BCUT2D eigenvalue weighted by atomic mass is 15.0. The monoisotopic (exact) mass is 763 g/mol. The highest BCUT2D eigenvalue weighted by Gasteiger charge is 2.19. The van der Waals surface area contributed by atoms with E-state index in [4.69, 9.17) is 26.5 Å². The largest absolute Gasteiger partial charge is 0.256 e. The Morgan fingerprint density at radius 3 is 1.53 bits per heavy atom. The summed E-state index contributed by atoms with van der Waals surface area (Å²) in [5, 5.41) is 7.61. The maximum atomic E-state index is 7.81. The number of rotatable bonds is 6. The minimum absolute atomic E-state index is 0.605. The van der Waals surface area contributed by atoms with Gasteiger partial charge in [-0.3, -0.25) is 4.98 Å². The van der Waals surface area contributed by atoms with Crippen LogP contribution in [0, 0.1) is 6.57 Å². The van der Waals surface area contributed by atoms with Gasteiger partial charge in [-0.1, -0.05) is 170 Å². The fourth-order valence-electron chi connectivity index (χ4n) is 8.50. The van der Waals surface area contributed by atoms with Crippen molar-refractivity contribution in [3.8, 4) is 67.5 Å². The van der Waals surface area contributed by atoms with Crippen molar-refractivity contribution < 1.29 is 0 Å². The Labute approximate surface area is 346 Å². The molecule has 0 aliphatic heterocycles. The molecular formula is C55H33N5. The second kappa shape index (κ2) is 14.6. The molecule has 9 aromatic carbocycles. The topological polar surface area (TPSA) is 55.9 Å². The molecule has 2 aromatic heterocycles. The minimum Gasteiger partial charge on any atom is -0.256 e. The Morgan fingerprint density at radius 1 is 0.317 bits per heavy atom. The van der Waals surface area contributed by atoms with Gasteiger partial charge in [-0.05, 0) is 84.4 Å². The van der Waals surface area contributed by atoms with Crippen LogP contribution in [-0.4, -0.2) is 19.9 Å². The highest BCUT2D eigenvalue weighted by molar-refractivity contribution is 6.24. The van der Waals surface area contributed by atoms with Crippen LogP contribution >= 0.6 is 0 Å². The van der Waals surface area contributed by atoms with Crippen LogP contribution in [0.4, 0.5) is 5.69 Å². The first-order valence-electron chi connectivity index (χ1n) is 19.9. The third-order valence-corrected chi connectivity index (χ3v) is 11.4. The molecule has 0 unspecified atom stereocenters. The molecule has 2 heterocycles. The van der Waals surface area contributed by atoms with Crippen LogP contribution in [0.15, 0.2) is 200 Å². The van der Waals surface area contributed by atoms with Crippen molar-refractivity contribution in [3.05, 3.63) is 212 Å². The average Bonchev–Trinajstić information content (AvgIpc) is 3.33. The first-order chi connectivity index (χ1) is 29.7. The predicted octanol–water partition coefficient (Wildman–Crippen LogP) is 14.4. The number of pyridine rings is 1. The Hall–Kier alpha value is -8.33. The predicted molar refractivity (Wildman–Crippen MR) is 247 cm³/mol. The molecule has 0 saturated carbocycles. The number of nitrogens with zero attached hydrogens (tertiary/aromatic N) is 5. The molecule has 5 nitrogen and oxygen atoms in total. The van der Waals surface area contributed by atoms with E-state index < -0.39 is 0 Å². The van der Waals surface area contributed by atoms with Crippen molar-refractivity contribution in [1.29, 1.82) is 0 Å². The van der Waals surface area contributed by atoms with Gasteiger partial charge in [0.1, 0.15) is 0 Å². The standard InChI is InChI=1S/C55H33N5/c1-56-51-30-29-44(41-20-10-11-23-45(41)51)50-34-48-43-22-9-8-21-42(43)47(33-49(48)46-24-13-31-57-52(46)50)39-18-12-19-40(32-39)55-59-53(37-16-6-3-7-17-37)58-54(60-55)38-27-25-36(26-28-38)35-14-4-2-5-15-35/h2-34H. The molecule has 11 rings (SSSR count). The van der Waals surface area contributed by atoms with Crippen LogP contribution in [0.5, 0.6) is 0 Å². The molecule has 11 aromatic rings. The van der Waals surface area contributed by atoms with Gasteiger partial charge in [-0.2, -0.15) is 0 Å². The summed E-state index contributed by atoms with van der Waals surface area (Å²) in [4.78, 5) is 24.0. The quantitative estimate of drug-likeness (QED) is 0.125. The summed E-state index contributed by atoms with van der Waals surface area (Å²) in [5.74, 6) is 1.84. The van der Waals surface area contributed by atoms with Crippen LogP contribution in [0.3, 0.4) is 0 Å². The van der Waals surface area contributed by atoms with Crippen LogP contribution in [0.2, 0.25) is 0 Å². The lowest BCUT2D eigenvalue weighted by Gasteiger charge is -2.17. The van der Waals surface area contributed by atoms with Crippen LogP contribution in [0.25, 0.3) is 116 Å². The van der Waals surface area contributed by atoms with Crippen molar-refractivity contribution in [1.82, 2.24) is 19.9 Å². The lowest BCUT2D eigenvalue weighted by molar-refractivity contribution is 1.07. The van der Waals surface area contributed by atoms with E-state index in [0.717, 1.165) is 93.3 Å². The number of fused-ring (bicyclic) bond motifs is 6. The van der Waals surface area contributed by atoms with E-state index in [1.165, 1.54) is 0 Å². The SMILES string of the molecule is [C-]#[N+]c1ccc(-c2cc3c4ccccc4c(-c4cccc(-c5nc(-c6ccccc6)nc(-c6ccc(-c7ccccc7)cc6)n5)c4)cc3c3cccnc23)c2ccccc12. The maximum absolute atomic E-state index is 7.81. The molecule has 0 spiro atoms. The summed E-state index contributed by atoms with van der Waals surface area (Å²) < 4.78 is 0. The smallest absolute Gasteiger partial charge is 0.194 e. The van der Waals surface area contributed by atoms with Gasteiger partial charge >= 0.3 is 0 Å². The molecule has 0 amide bonds. The Balaban J connectivity index is 1.08. The van der Waals surface area contributed by atoms with E-state index in [9.17, 15) is 0 Å². The van der Waals surface area contributed by atoms with Gasteiger partial charge in [-0.25, -0.2) is 19.8 Å². The average molecular weight is 764 g/mol. The molecule has 60 heavy (non-hydrogen) atoms. The van der Waals surface area contributed by atoms with Gasteiger partial charge in [0.15, 0.2) is 23.2 Å². The van der Waals surface area contributed by atoms with Crippen LogP contribution in [-0.2, 0) is 0 Å². The molecule has 0 fully saturated rings. The van der Waals surface area contributed by atoms with Gasteiger partial charge in [0, 0.05) is 33.8 Å². The van der Waals surface area contributed by atoms with Crippen LogP contribution in [0.1, 0.15) is 0 Å². The first-order valence-corrected chi connectivity index (χ1v) is 19.9. The van der Waals surface area contributed by atoms with E-state index in [1.807, 2.05) is 72.9 Å². The number of hydrogen-bond donors (Lipinski definition) is 0. The second-order valence-corrected chi connectivity index (χ2v) is 14.9. The molecule has 5 heteroatoms. The number of hydrogen-bond acceptors (Lipinski definition) is 4. The van der Waals surface area contributed by atoms with Crippen LogP contribution < -0.4 is 0 Å². The molecular weight excluding hydrogens is 731 g/mol. The van der Waals surface area contributed by atoms with Crippen molar-refractivity contribution in [2.75, 3.05) is 0 Å². The van der Waals surface area contributed by atoms with Gasteiger partial charge < -0.3 is 0 Å². The summed E-state index contributed by atoms with van der Waals surface area (Å²) in [7, 11) is 0. The Morgan fingerprint density at radius 2 is 0.817 bits per heavy atom. The third kappa shape index (κ3) is 6.03. The Bertz CT molecular complexity index is 3480. The lowest BCUT2D eigenvalue weighted by atomic mass is 9.88. The summed E-state index contributed by atoms with van der Waals surface area (Å²) in [5.41, 5.74) is 10.9. The molecule has 0 aliphatic rings. The summed E-state index contributed by atoms with van der Waals surface area (Å²) >= 11 is 0. The zero-order valence-electron chi connectivity index (χ0n) is 32.3. The molecule has 0 radical (unpaired) electrons. The zero-order valence-corrected chi connectivity index (χ0v) is 32.3. The molecule has 0 bridgehead atoms. The minimum atomic E-state index is 0.605. The Kier molecular flexibility index (Phi) is 8.46. The van der Waals surface area contributed by atoms with Crippen molar-refractivity contribution in [2.45, 2.75) is 0 Å². The van der Waals surface area contributed by atoms with E-state index in [2.05, 4.69) is 132 Å². The highest BCUT2D eigenvalue weighted by Crippen LogP contribution is 2.44. The number of benzene rings is 9. The van der Waals surface area contributed by atoms with Gasteiger partial charge in [0.25, 0.3) is 0 Å². The summed E-state index contributed by atoms with van der Waals surface area (Å²) in [6.07, 6.45) is 1.86. The summed E-state index contributed by atoms with van der Waals surface area (Å²) in [6, 6.07) is 67.0. The van der Waals surface area contributed by atoms with Crippen molar-refractivity contribution >= 4 is 48.9 Å². The molecule has 0 saturated heterocycles. The normalized spacial score (nSPS) is 11.3. The second-order valence-electron chi connectivity index (χ2n) is 14.9. The van der Waals surface area contributed by atoms with E-state index >= 15 is 0 Å². The molecule has 278 valence electrons. The molecule has 0 N–H and O–H groups in total. The van der Waals surface area contributed by atoms with Crippen molar-refractivity contribution in [2.24, 2.45) is 0 Å². The van der Waals surface area contributed by atoms with Gasteiger partial charge in [-0.15, -0.1) is 0 Å². The van der Waals surface area contributed by atoms with Crippen molar-refractivity contribution in [3.63, 3.8) is 0 Å². The molecule has 0 aliphatic carbocycles. The van der Waals surface area contributed by atoms with Gasteiger partial charge in [0.2, 0.25) is 0 Å². The third-order valence-electron chi connectivity index (χ3n) is 11.4. The van der Waals surface area contributed by atoms with Gasteiger partial charge in [0.05, 0.1) is 12.1 Å². The molecule has 0 atom stereocenters. The summed E-state index contributed by atoms with van der Waals surface area (Å²) in [6.45, 7) is 7.81. The fourth-order valence-corrected chi connectivity index (χ4v) is 8.50. The van der Waals surface area contributed by atoms with E-state index in [-0.39, 0.29) is 0 Å². The van der Waals surface area contributed by atoms with E-state index in [1.54, 1.807) is 0 Å². The van der Waals surface area contributed by atoms with E-state index in [0.29, 0.717) is 23.2 Å². The maximum Gasteiger partial charge on any atom is 0.194 e. The fraction of sp³-hybridized carbons (Fsp3) is 0.